The summed E-state index contributed by atoms with van der Waals surface area (Å²) in [5.41, 5.74) is 6.38. The van der Waals surface area contributed by atoms with Crippen LogP contribution in [0.3, 0.4) is 0 Å². The van der Waals surface area contributed by atoms with Crippen LogP contribution in [0.5, 0.6) is 5.75 Å². The molecule has 6 heteroatoms. The van der Waals surface area contributed by atoms with Gasteiger partial charge in [0, 0.05) is 47.5 Å². The Balaban J connectivity index is 1.64. The maximum absolute atomic E-state index is 6.05. The van der Waals surface area contributed by atoms with Crippen LogP contribution < -0.4 is 4.74 Å². The van der Waals surface area contributed by atoms with Gasteiger partial charge in [0.25, 0.3) is 0 Å². The van der Waals surface area contributed by atoms with Crippen molar-refractivity contribution >= 4 is 11.3 Å². The molecule has 1 aliphatic heterocycles. The Morgan fingerprint density at radius 2 is 2.08 bits per heavy atom. The molecule has 3 heterocycles. The van der Waals surface area contributed by atoms with Crippen molar-refractivity contribution in [3.05, 3.63) is 58.6 Å². The van der Waals surface area contributed by atoms with E-state index in [9.17, 15) is 0 Å². The van der Waals surface area contributed by atoms with E-state index >= 15 is 0 Å². The molecule has 5 nitrogen and oxygen atoms in total. The summed E-state index contributed by atoms with van der Waals surface area (Å²) in [5, 5.41) is 0. The fraction of sp³-hybridized carbons (Fsp3) is 0.316. The highest BCUT2D eigenvalue weighted by Crippen LogP contribution is 2.31. The maximum atomic E-state index is 6.05. The minimum absolute atomic E-state index is 0.345. The lowest BCUT2D eigenvalue weighted by atomic mass is 10.0. The standard InChI is InChI=1S/C19H20N4OS/c1-13-10-24-18-4-3-15(17-6-20-11-21-7-17)5-16(18)8-23(13)9-19-14(2)22-12-25-19/h3-7,11-13H,8-10H2,1-2H3/t13-/m0/s1. The third-order valence-electron chi connectivity index (χ3n) is 4.62. The van der Waals surface area contributed by atoms with Crippen molar-refractivity contribution in [2.75, 3.05) is 6.61 Å². The fourth-order valence-corrected chi connectivity index (χ4v) is 3.84. The highest BCUT2D eigenvalue weighted by molar-refractivity contribution is 7.09. The van der Waals surface area contributed by atoms with Gasteiger partial charge in [-0.2, -0.15) is 0 Å². The minimum atomic E-state index is 0.345. The Kier molecular flexibility index (Phi) is 4.46. The highest BCUT2D eigenvalue weighted by atomic mass is 32.1. The van der Waals surface area contributed by atoms with E-state index in [0.29, 0.717) is 12.6 Å². The number of hydrogen-bond donors (Lipinski definition) is 0. The van der Waals surface area contributed by atoms with Crippen molar-refractivity contribution in [3.63, 3.8) is 0 Å². The van der Waals surface area contributed by atoms with Crippen LogP contribution in [-0.2, 0) is 13.1 Å². The lowest BCUT2D eigenvalue weighted by Crippen LogP contribution is -2.34. The summed E-state index contributed by atoms with van der Waals surface area (Å²) < 4.78 is 6.05. The molecule has 0 radical (unpaired) electrons. The van der Waals surface area contributed by atoms with E-state index in [1.54, 1.807) is 17.7 Å². The quantitative estimate of drug-likeness (QED) is 0.719. The third kappa shape index (κ3) is 3.41. The normalized spacial score (nSPS) is 17.6. The summed E-state index contributed by atoms with van der Waals surface area (Å²) >= 11 is 1.72. The van der Waals surface area contributed by atoms with E-state index in [4.69, 9.17) is 4.74 Å². The Bertz CT molecular complexity index is 865. The molecule has 0 saturated carbocycles. The van der Waals surface area contributed by atoms with Crippen LogP contribution in [-0.4, -0.2) is 32.5 Å². The van der Waals surface area contributed by atoms with E-state index in [0.717, 1.165) is 35.7 Å². The number of benzene rings is 1. The number of aryl methyl sites for hydroxylation is 1. The molecule has 1 atom stereocenters. The first-order chi connectivity index (χ1) is 12.2. The molecule has 0 aliphatic carbocycles. The van der Waals surface area contributed by atoms with Crippen molar-refractivity contribution in [1.82, 2.24) is 19.9 Å². The molecule has 0 fully saturated rings. The summed E-state index contributed by atoms with van der Waals surface area (Å²) in [7, 11) is 0. The second-order valence-corrected chi connectivity index (χ2v) is 7.31. The Morgan fingerprint density at radius 1 is 1.24 bits per heavy atom. The second kappa shape index (κ2) is 6.90. The molecule has 0 saturated heterocycles. The first-order valence-corrected chi connectivity index (χ1v) is 9.23. The van der Waals surface area contributed by atoms with Gasteiger partial charge < -0.3 is 4.74 Å². The molecule has 1 aromatic carbocycles. The van der Waals surface area contributed by atoms with E-state index in [1.807, 2.05) is 17.9 Å². The number of nitrogens with zero attached hydrogens (tertiary/aromatic N) is 4. The molecule has 0 unspecified atom stereocenters. The predicted octanol–water partition coefficient (Wildman–Crippen LogP) is 3.69. The van der Waals surface area contributed by atoms with Gasteiger partial charge in [-0.05, 0) is 31.5 Å². The van der Waals surface area contributed by atoms with Crippen LogP contribution in [0.15, 0.2) is 42.4 Å². The maximum Gasteiger partial charge on any atom is 0.123 e. The van der Waals surface area contributed by atoms with Gasteiger partial charge in [0.05, 0.1) is 11.2 Å². The van der Waals surface area contributed by atoms with E-state index in [1.165, 1.54) is 10.4 Å². The van der Waals surface area contributed by atoms with Crippen molar-refractivity contribution in [2.24, 2.45) is 0 Å². The van der Waals surface area contributed by atoms with Gasteiger partial charge in [-0.1, -0.05) is 6.07 Å². The molecule has 0 bridgehead atoms. The average molecular weight is 352 g/mol. The lowest BCUT2D eigenvalue weighted by molar-refractivity contribution is 0.152. The molecule has 0 N–H and O–H groups in total. The second-order valence-electron chi connectivity index (χ2n) is 6.38. The predicted molar refractivity (Wildman–Crippen MR) is 98.5 cm³/mol. The molecule has 2 aromatic heterocycles. The number of rotatable bonds is 3. The summed E-state index contributed by atoms with van der Waals surface area (Å²) in [6.07, 6.45) is 5.23. The van der Waals surface area contributed by atoms with E-state index in [2.05, 4.69) is 51.9 Å². The highest BCUT2D eigenvalue weighted by Gasteiger charge is 2.23. The molecule has 4 rings (SSSR count). The average Bonchev–Trinajstić information content (AvgIpc) is 2.97. The largest absolute Gasteiger partial charge is 0.492 e. The first kappa shape index (κ1) is 16.2. The van der Waals surface area contributed by atoms with Crippen LogP contribution in [0.1, 0.15) is 23.1 Å². The number of thiazole rings is 1. The van der Waals surface area contributed by atoms with Crippen molar-refractivity contribution in [3.8, 4) is 16.9 Å². The minimum Gasteiger partial charge on any atom is -0.492 e. The van der Waals surface area contributed by atoms with Gasteiger partial charge >= 0.3 is 0 Å². The molecule has 0 amide bonds. The third-order valence-corrected chi connectivity index (χ3v) is 5.54. The first-order valence-electron chi connectivity index (χ1n) is 8.35. The summed E-state index contributed by atoms with van der Waals surface area (Å²) in [5.74, 6) is 0.968. The zero-order chi connectivity index (χ0) is 17.2. The van der Waals surface area contributed by atoms with Gasteiger partial charge in [-0.25, -0.2) is 15.0 Å². The number of aromatic nitrogens is 3. The zero-order valence-corrected chi connectivity index (χ0v) is 15.2. The molecule has 3 aromatic rings. The summed E-state index contributed by atoms with van der Waals surface area (Å²) in [6, 6.07) is 6.67. The van der Waals surface area contributed by atoms with Crippen molar-refractivity contribution in [2.45, 2.75) is 33.0 Å². The van der Waals surface area contributed by atoms with Gasteiger partial charge in [0.2, 0.25) is 0 Å². The monoisotopic (exact) mass is 352 g/mol. The number of fused-ring (bicyclic) bond motifs is 1. The van der Waals surface area contributed by atoms with E-state index in [-0.39, 0.29) is 0 Å². The number of ether oxygens (including phenoxy) is 1. The van der Waals surface area contributed by atoms with Gasteiger partial charge in [0.15, 0.2) is 0 Å². The van der Waals surface area contributed by atoms with E-state index < -0.39 is 0 Å². The molecular weight excluding hydrogens is 332 g/mol. The van der Waals surface area contributed by atoms with Crippen LogP contribution in [0.4, 0.5) is 0 Å². The smallest absolute Gasteiger partial charge is 0.123 e. The molecule has 1 aliphatic rings. The van der Waals surface area contributed by atoms with Crippen LogP contribution in [0, 0.1) is 6.92 Å². The fourth-order valence-electron chi connectivity index (χ4n) is 3.04. The van der Waals surface area contributed by atoms with Gasteiger partial charge in [-0.15, -0.1) is 11.3 Å². The molecule has 128 valence electrons. The Hall–Kier alpha value is -2.31. The van der Waals surface area contributed by atoms with Gasteiger partial charge in [-0.3, -0.25) is 4.90 Å². The summed E-state index contributed by atoms with van der Waals surface area (Å²) in [4.78, 5) is 16.4. The topological polar surface area (TPSA) is 51.1 Å². The Morgan fingerprint density at radius 3 is 2.84 bits per heavy atom. The molecule has 0 spiro atoms. The van der Waals surface area contributed by atoms with Crippen LogP contribution in [0.25, 0.3) is 11.1 Å². The zero-order valence-electron chi connectivity index (χ0n) is 14.3. The molecule has 25 heavy (non-hydrogen) atoms. The number of hydrogen-bond acceptors (Lipinski definition) is 6. The molecular formula is C19H20N4OS. The van der Waals surface area contributed by atoms with Gasteiger partial charge in [0.1, 0.15) is 18.7 Å². The van der Waals surface area contributed by atoms with Crippen molar-refractivity contribution < 1.29 is 4.74 Å². The Labute approximate surface area is 151 Å². The SMILES string of the molecule is Cc1ncsc1CN1Cc2cc(-c3cncnc3)ccc2OC[C@@H]1C. The van der Waals surface area contributed by atoms with Crippen LogP contribution >= 0.6 is 11.3 Å². The van der Waals surface area contributed by atoms with Crippen molar-refractivity contribution in [1.29, 1.82) is 0 Å². The lowest BCUT2D eigenvalue weighted by Gasteiger charge is -2.25. The van der Waals surface area contributed by atoms with Crippen LogP contribution in [0.2, 0.25) is 0 Å². The summed E-state index contributed by atoms with van der Waals surface area (Å²) in [6.45, 7) is 6.74.